The third-order valence-corrected chi connectivity index (χ3v) is 3.83. The molecule has 0 aromatic heterocycles. The average molecular weight is 255 g/mol. The summed E-state index contributed by atoms with van der Waals surface area (Å²) < 4.78 is 4.99. The van der Waals surface area contributed by atoms with Gasteiger partial charge in [-0.3, -0.25) is 10.1 Å². The van der Waals surface area contributed by atoms with Crippen molar-refractivity contribution in [2.45, 2.75) is 77.3 Å². The highest BCUT2D eigenvalue weighted by atomic mass is 16.5. The lowest BCUT2D eigenvalue weighted by atomic mass is 9.89. The summed E-state index contributed by atoms with van der Waals surface area (Å²) in [6, 6.07) is 0.468. The molecule has 1 aliphatic carbocycles. The molecule has 3 nitrogen and oxygen atoms in total. The summed E-state index contributed by atoms with van der Waals surface area (Å²) in [5.74, 6) is 0.354. The van der Waals surface area contributed by atoms with Gasteiger partial charge in [0.2, 0.25) is 0 Å². The maximum Gasteiger partial charge on any atom is 0.325 e. The molecule has 18 heavy (non-hydrogen) atoms. The zero-order valence-electron chi connectivity index (χ0n) is 12.4. The lowest BCUT2D eigenvalue weighted by molar-refractivity contribution is -0.149. The van der Waals surface area contributed by atoms with E-state index in [1.807, 2.05) is 6.92 Å². The van der Waals surface area contributed by atoms with Crippen molar-refractivity contribution in [1.82, 2.24) is 5.32 Å². The van der Waals surface area contributed by atoms with Gasteiger partial charge in [-0.25, -0.2) is 0 Å². The van der Waals surface area contributed by atoms with Crippen molar-refractivity contribution in [3.8, 4) is 0 Å². The summed E-state index contributed by atoms with van der Waals surface area (Å²) in [7, 11) is 1.48. The van der Waals surface area contributed by atoms with Crippen LogP contribution in [0.1, 0.15) is 65.7 Å². The number of nitrogens with one attached hydrogen (secondary N) is 1. The van der Waals surface area contributed by atoms with E-state index >= 15 is 0 Å². The first kappa shape index (κ1) is 15.5. The van der Waals surface area contributed by atoms with Gasteiger partial charge in [-0.1, -0.05) is 39.5 Å². The number of ether oxygens (including phenoxy) is 1. The number of methoxy groups -OCH3 is 1. The minimum Gasteiger partial charge on any atom is -0.468 e. The molecule has 0 saturated heterocycles. The summed E-state index contributed by atoms with van der Waals surface area (Å²) in [6.45, 7) is 6.29. The Morgan fingerprint density at radius 2 is 1.83 bits per heavy atom. The molecule has 0 radical (unpaired) electrons. The summed E-state index contributed by atoms with van der Waals surface area (Å²) in [5, 5.41) is 3.58. The quantitative estimate of drug-likeness (QED) is 0.605. The summed E-state index contributed by atoms with van der Waals surface area (Å²) >= 11 is 0. The third-order valence-electron chi connectivity index (χ3n) is 3.83. The molecule has 1 unspecified atom stereocenters. The number of carbonyl (C=O) groups is 1. The van der Waals surface area contributed by atoms with Crippen molar-refractivity contribution < 1.29 is 9.53 Å². The Bertz CT molecular complexity index is 257. The molecule has 0 aliphatic heterocycles. The molecule has 0 spiro atoms. The van der Waals surface area contributed by atoms with Crippen LogP contribution in [-0.4, -0.2) is 24.7 Å². The Labute approximate surface area is 112 Å². The van der Waals surface area contributed by atoms with Crippen LogP contribution in [-0.2, 0) is 9.53 Å². The minimum absolute atomic E-state index is 0.125. The normalized spacial score (nSPS) is 21.4. The largest absolute Gasteiger partial charge is 0.468 e. The van der Waals surface area contributed by atoms with Crippen molar-refractivity contribution in [2.24, 2.45) is 5.92 Å². The monoisotopic (exact) mass is 255 g/mol. The molecule has 1 saturated carbocycles. The molecule has 0 aromatic carbocycles. The molecular formula is C15H29NO2. The molecule has 0 aromatic rings. The van der Waals surface area contributed by atoms with Crippen LogP contribution in [0.25, 0.3) is 0 Å². The summed E-state index contributed by atoms with van der Waals surface area (Å²) in [5.41, 5.74) is -0.530. The Hall–Kier alpha value is -0.570. The van der Waals surface area contributed by atoms with Gasteiger partial charge in [0.25, 0.3) is 0 Å². The van der Waals surface area contributed by atoms with Crippen molar-refractivity contribution in [3.63, 3.8) is 0 Å². The zero-order chi connectivity index (χ0) is 13.6. The zero-order valence-corrected chi connectivity index (χ0v) is 12.4. The lowest BCUT2D eigenvalue weighted by Crippen LogP contribution is -2.55. The molecule has 1 N–H and O–H groups in total. The first-order valence-electron chi connectivity index (χ1n) is 7.34. The molecule has 106 valence electrons. The SMILES string of the molecule is COC(=O)C(C)(CC(C)C)NC1CCCCCC1. The Morgan fingerprint density at radius 3 is 2.28 bits per heavy atom. The van der Waals surface area contributed by atoms with Gasteiger partial charge in [0, 0.05) is 6.04 Å². The average Bonchev–Trinajstić information content (AvgIpc) is 2.55. The number of hydrogen-bond acceptors (Lipinski definition) is 3. The standard InChI is InChI=1S/C15H29NO2/c1-12(2)11-15(3,14(17)18-4)16-13-9-7-5-6-8-10-13/h12-13,16H,5-11H2,1-4H3. The highest BCUT2D eigenvalue weighted by molar-refractivity contribution is 5.80. The van der Waals surface area contributed by atoms with E-state index in [0.29, 0.717) is 12.0 Å². The van der Waals surface area contributed by atoms with E-state index < -0.39 is 5.54 Å². The Morgan fingerprint density at radius 1 is 1.28 bits per heavy atom. The van der Waals surface area contributed by atoms with E-state index in [1.54, 1.807) is 0 Å². The van der Waals surface area contributed by atoms with Crippen molar-refractivity contribution in [1.29, 1.82) is 0 Å². The van der Waals surface area contributed by atoms with E-state index in [9.17, 15) is 4.79 Å². The van der Waals surface area contributed by atoms with Gasteiger partial charge in [-0.2, -0.15) is 0 Å². The minimum atomic E-state index is -0.530. The van der Waals surface area contributed by atoms with E-state index in [1.165, 1.54) is 45.6 Å². The smallest absolute Gasteiger partial charge is 0.325 e. The van der Waals surface area contributed by atoms with Crippen LogP contribution in [0.5, 0.6) is 0 Å². The molecular weight excluding hydrogens is 226 g/mol. The molecule has 1 atom stereocenters. The molecule has 1 fully saturated rings. The molecule has 1 rings (SSSR count). The van der Waals surface area contributed by atoms with Gasteiger partial charge in [0.05, 0.1) is 7.11 Å². The van der Waals surface area contributed by atoms with E-state index in [-0.39, 0.29) is 5.97 Å². The first-order chi connectivity index (χ1) is 8.48. The predicted octanol–water partition coefficient (Wildman–Crippen LogP) is 3.28. The summed E-state index contributed by atoms with van der Waals surface area (Å²) in [4.78, 5) is 12.0. The summed E-state index contributed by atoms with van der Waals surface area (Å²) in [6.07, 6.45) is 8.41. The molecule has 1 aliphatic rings. The van der Waals surface area contributed by atoms with Gasteiger partial charge >= 0.3 is 5.97 Å². The van der Waals surface area contributed by atoms with Crippen molar-refractivity contribution in [2.75, 3.05) is 7.11 Å². The third kappa shape index (κ3) is 4.60. The molecule has 0 bridgehead atoms. The molecule has 0 heterocycles. The maximum atomic E-state index is 12.0. The van der Waals surface area contributed by atoms with Crippen molar-refractivity contribution >= 4 is 5.97 Å². The van der Waals surface area contributed by atoms with Gasteiger partial charge < -0.3 is 4.74 Å². The fraction of sp³-hybridized carbons (Fsp3) is 0.933. The molecule has 0 amide bonds. The van der Waals surface area contributed by atoms with Crippen LogP contribution < -0.4 is 5.32 Å². The topological polar surface area (TPSA) is 38.3 Å². The number of esters is 1. The molecule has 3 heteroatoms. The second kappa shape index (κ2) is 7.13. The van der Waals surface area contributed by atoms with Crippen molar-refractivity contribution in [3.05, 3.63) is 0 Å². The number of hydrogen-bond donors (Lipinski definition) is 1. The second-order valence-electron chi connectivity index (χ2n) is 6.25. The fourth-order valence-corrected chi connectivity index (χ4v) is 3.12. The van der Waals surface area contributed by atoms with E-state index in [0.717, 1.165) is 6.42 Å². The predicted molar refractivity (Wildman–Crippen MR) is 74.5 cm³/mol. The maximum absolute atomic E-state index is 12.0. The van der Waals surface area contributed by atoms with Crippen LogP contribution in [0.2, 0.25) is 0 Å². The lowest BCUT2D eigenvalue weighted by Gasteiger charge is -2.33. The van der Waals surface area contributed by atoms with Crippen LogP contribution in [0.4, 0.5) is 0 Å². The van der Waals surface area contributed by atoms with Gasteiger partial charge in [0.1, 0.15) is 5.54 Å². The fourth-order valence-electron chi connectivity index (χ4n) is 3.12. The van der Waals surface area contributed by atoms with Gasteiger partial charge in [-0.05, 0) is 32.1 Å². The highest BCUT2D eigenvalue weighted by Crippen LogP contribution is 2.24. The van der Waals surface area contributed by atoms with Crippen LogP contribution in [0, 0.1) is 5.92 Å². The number of carbonyl (C=O) groups excluding carboxylic acids is 1. The van der Waals surface area contributed by atoms with E-state index in [2.05, 4.69) is 19.2 Å². The Kier molecular flexibility index (Phi) is 6.13. The second-order valence-corrected chi connectivity index (χ2v) is 6.25. The van der Waals surface area contributed by atoms with Gasteiger partial charge in [-0.15, -0.1) is 0 Å². The van der Waals surface area contributed by atoms with Crippen LogP contribution in [0.15, 0.2) is 0 Å². The number of rotatable bonds is 5. The van der Waals surface area contributed by atoms with Gasteiger partial charge in [0.15, 0.2) is 0 Å². The highest BCUT2D eigenvalue weighted by Gasteiger charge is 2.36. The first-order valence-corrected chi connectivity index (χ1v) is 7.34. The van der Waals surface area contributed by atoms with E-state index in [4.69, 9.17) is 4.74 Å². The van der Waals surface area contributed by atoms with Crippen LogP contribution >= 0.6 is 0 Å². The van der Waals surface area contributed by atoms with Crippen LogP contribution in [0.3, 0.4) is 0 Å². The Balaban J connectivity index is 2.67.